The summed E-state index contributed by atoms with van der Waals surface area (Å²) < 4.78 is 1.33. The predicted molar refractivity (Wildman–Crippen MR) is 116 cm³/mol. The molecule has 0 aliphatic carbocycles. The maximum absolute atomic E-state index is 3.57. The lowest BCUT2D eigenvalue weighted by Crippen LogP contribution is -2.10. The van der Waals surface area contributed by atoms with Gasteiger partial charge in [-0.2, -0.15) is 0 Å². The van der Waals surface area contributed by atoms with Crippen LogP contribution in [-0.2, 0) is 5.41 Å². The zero-order valence-corrected chi connectivity index (χ0v) is 16.2. The fourth-order valence-electron chi connectivity index (χ4n) is 3.30. The number of rotatable bonds is 3. The molecule has 0 spiro atoms. The minimum Gasteiger partial charge on any atom is -0.347 e. The highest BCUT2D eigenvalue weighted by molar-refractivity contribution is 7.22. The molecule has 4 aromatic rings. The van der Waals surface area contributed by atoms with Crippen LogP contribution in [0.15, 0.2) is 78.9 Å². The second-order valence-electron chi connectivity index (χ2n) is 7.65. The van der Waals surface area contributed by atoms with Crippen LogP contribution in [0.5, 0.6) is 0 Å². The van der Waals surface area contributed by atoms with Gasteiger partial charge in [-0.1, -0.05) is 75.4 Å². The minimum atomic E-state index is 0.148. The Morgan fingerprint density at radius 1 is 0.731 bits per heavy atom. The van der Waals surface area contributed by atoms with Gasteiger partial charge in [0.05, 0.1) is 5.00 Å². The third-order valence-electron chi connectivity index (χ3n) is 4.63. The average Bonchev–Trinajstić information content (AvgIpc) is 3.04. The van der Waals surface area contributed by atoms with Crippen molar-refractivity contribution in [1.82, 2.24) is 0 Å². The molecule has 0 unspecified atom stereocenters. The molecule has 26 heavy (non-hydrogen) atoms. The van der Waals surface area contributed by atoms with E-state index in [4.69, 9.17) is 0 Å². The summed E-state index contributed by atoms with van der Waals surface area (Å²) in [7, 11) is 0. The molecule has 0 aliphatic heterocycles. The van der Waals surface area contributed by atoms with Crippen molar-refractivity contribution in [3.8, 4) is 11.1 Å². The largest absolute Gasteiger partial charge is 0.347 e. The van der Waals surface area contributed by atoms with Gasteiger partial charge in [-0.15, -0.1) is 11.3 Å². The van der Waals surface area contributed by atoms with Crippen molar-refractivity contribution in [1.29, 1.82) is 0 Å². The van der Waals surface area contributed by atoms with E-state index in [0.29, 0.717) is 0 Å². The molecule has 2 heteroatoms. The third kappa shape index (κ3) is 3.38. The molecule has 1 heterocycles. The Labute approximate surface area is 159 Å². The average molecular weight is 358 g/mol. The highest BCUT2D eigenvalue weighted by atomic mass is 32.1. The lowest BCUT2D eigenvalue weighted by molar-refractivity contribution is 0.596. The van der Waals surface area contributed by atoms with Crippen molar-refractivity contribution in [2.45, 2.75) is 26.2 Å². The summed E-state index contributed by atoms with van der Waals surface area (Å²) in [5, 5.41) is 6.11. The highest BCUT2D eigenvalue weighted by Gasteiger charge is 2.18. The van der Waals surface area contributed by atoms with Gasteiger partial charge < -0.3 is 5.32 Å². The number of anilines is 2. The van der Waals surface area contributed by atoms with E-state index in [1.165, 1.54) is 31.8 Å². The second kappa shape index (κ2) is 6.62. The number of thiophene rings is 1. The topological polar surface area (TPSA) is 12.0 Å². The van der Waals surface area contributed by atoms with E-state index >= 15 is 0 Å². The van der Waals surface area contributed by atoms with Crippen molar-refractivity contribution in [3.63, 3.8) is 0 Å². The van der Waals surface area contributed by atoms with Gasteiger partial charge in [-0.05, 0) is 51.8 Å². The van der Waals surface area contributed by atoms with Crippen LogP contribution in [-0.4, -0.2) is 0 Å². The zero-order valence-electron chi connectivity index (χ0n) is 15.4. The van der Waals surface area contributed by atoms with Crippen LogP contribution in [0.4, 0.5) is 10.7 Å². The first kappa shape index (κ1) is 16.9. The van der Waals surface area contributed by atoms with Crippen LogP contribution >= 0.6 is 11.3 Å². The zero-order chi connectivity index (χ0) is 18.1. The van der Waals surface area contributed by atoms with Crippen LogP contribution in [0.3, 0.4) is 0 Å². The molecule has 0 atom stereocenters. The van der Waals surface area contributed by atoms with Crippen molar-refractivity contribution in [3.05, 3.63) is 84.4 Å². The molecule has 1 N–H and O–H groups in total. The van der Waals surface area contributed by atoms with E-state index in [1.54, 1.807) is 0 Å². The molecule has 130 valence electrons. The van der Waals surface area contributed by atoms with Gasteiger partial charge in [0, 0.05) is 10.4 Å². The molecule has 0 saturated heterocycles. The van der Waals surface area contributed by atoms with E-state index in [0.717, 1.165) is 5.69 Å². The molecule has 0 bridgehead atoms. The van der Waals surface area contributed by atoms with Crippen LogP contribution in [0.25, 0.3) is 21.2 Å². The van der Waals surface area contributed by atoms with E-state index in [1.807, 2.05) is 17.4 Å². The third-order valence-corrected chi connectivity index (χ3v) is 5.64. The Hall–Kier alpha value is -2.58. The van der Waals surface area contributed by atoms with Gasteiger partial charge in [0.2, 0.25) is 0 Å². The molecule has 0 amide bonds. The van der Waals surface area contributed by atoms with E-state index in [2.05, 4.69) is 98.9 Å². The molecular formula is C24H23NS. The molecule has 0 radical (unpaired) electrons. The first-order valence-corrected chi connectivity index (χ1v) is 9.78. The second-order valence-corrected chi connectivity index (χ2v) is 8.73. The van der Waals surface area contributed by atoms with Gasteiger partial charge in [0.1, 0.15) is 0 Å². The first-order valence-electron chi connectivity index (χ1n) is 8.96. The fourth-order valence-corrected chi connectivity index (χ4v) is 4.30. The van der Waals surface area contributed by atoms with Crippen LogP contribution < -0.4 is 5.32 Å². The molecule has 4 rings (SSSR count). The Morgan fingerprint density at radius 3 is 2.12 bits per heavy atom. The summed E-state index contributed by atoms with van der Waals surface area (Å²) in [5.74, 6) is 0. The molecule has 0 aliphatic rings. The van der Waals surface area contributed by atoms with Crippen LogP contribution in [0.2, 0.25) is 0 Å². The van der Waals surface area contributed by atoms with E-state index in [9.17, 15) is 0 Å². The van der Waals surface area contributed by atoms with Gasteiger partial charge in [0.25, 0.3) is 0 Å². The predicted octanol–water partition coefficient (Wildman–Crippen LogP) is 7.61. The Morgan fingerprint density at radius 2 is 1.42 bits per heavy atom. The Bertz CT molecular complexity index is 1020. The standard InChI is InChI=1S/C24H23NS/c1-24(2,3)21-10-7-11-22-20(21)16-23(26-22)25-19-14-12-18(13-15-19)17-8-5-4-6-9-17/h4-16,25H,1-3H3. The molecule has 1 aromatic heterocycles. The SMILES string of the molecule is CC(C)(C)c1cccc2sc(Nc3ccc(-c4ccccc4)cc3)cc12. The summed E-state index contributed by atoms with van der Waals surface area (Å²) in [4.78, 5) is 0. The van der Waals surface area contributed by atoms with Gasteiger partial charge in [-0.3, -0.25) is 0 Å². The lowest BCUT2D eigenvalue weighted by atomic mass is 9.85. The lowest BCUT2D eigenvalue weighted by Gasteiger charge is -2.19. The van der Waals surface area contributed by atoms with Crippen molar-refractivity contribution < 1.29 is 0 Å². The minimum absolute atomic E-state index is 0.148. The molecule has 0 saturated carbocycles. The molecule has 1 nitrogen and oxygen atoms in total. The van der Waals surface area contributed by atoms with Gasteiger partial charge in [-0.25, -0.2) is 0 Å². The molecular weight excluding hydrogens is 334 g/mol. The van der Waals surface area contributed by atoms with Crippen molar-refractivity contribution in [2.75, 3.05) is 5.32 Å². The van der Waals surface area contributed by atoms with E-state index < -0.39 is 0 Å². The van der Waals surface area contributed by atoms with Crippen molar-refractivity contribution in [2.24, 2.45) is 0 Å². The number of hydrogen-bond acceptors (Lipinski definition) is 2. The summed E-state index contributed by atoms with van der Waals surface area (Å²) in [6.45, 7) is 6.82. The fraction of sp³-hybridized carbons (Fsp3) is 0.167. The number of hydrogen-bond donors (Lipinski definition) is 1. The Kier molecular flexibility index (Phi) is 4.29. The summed E-state index contributed by atoms with van der Waals surface area (Å²) in [6, 6.07) is 28.0. The Balaban J connectivity index is 1.61. The molecule has 3 aromatic carbocycles. The summed E-state index contributed by atoms with van der Waals surface area (Å²) in [5.41, 5.74) is 5.15. The first-order chi connectivity index (χ1) is 12.5. The van der Waals surface area contributed by atoms with Crippen LogP contribution in [0, 0.1) is 0 Å². The van der Waals surface area contributed by atoms with E-state index in [-0.39, 0.29) is 5.41 Å². The number of benzene rings is 3. The highest BCUT2D eigenvalue weighted by Crippen LogP contribution is 2.38. The number of nitrogens with one attached hydrogen (secondary N) is 1. The maximum Gasteiger partial charge on any atom is 0.0939 e. The van der Waals surface area contributed by atoms with Gasteiger partial charge in [0.15, 0.2) is 0 Å². The normalized spacial score (nSPS) is 11.7. The number of fused-ring (bicyclic) bond motifs is 1. The van der Waals surface area contributed by atoms with Gasteiger partial charge >= 0.3 is 0 Å². The summed E-state index contributed by atoms with van der Waals surface area (Å²) in [6.07, 6.45) is 0. The van der Waals surface area contributed by atoms with Crippen molar-refractivity contribution >= 4 is 32.1 Å². The van der Waals surface area contributed by atoms with Crippen LogP contribution in [0.1, 0.15) is 26.3 Å². The maximum atomic E-state index is 3.57. The quantitative estimate of drug-likeness (QED) is 0.398. The smallest absolute Gasteiger partial charge is 0.0939 e. The summed E-state index contributed by atoms with van der Waals surface area (Å²) >= 11 is 1.81. The molecule has 0 fully saturated rings. The monoisotopic (exact) mass is 357 g/mol.